The quantitative estimate of drug-likeness (QED) is 0.519. The molecule has 1 N–H and O–H groups in total. The topological polar surface area (TPSA) is 50.7 Å². The van der Waals surface area contributed by atoms with Crippen LogP contribution in [-0.4, -0.2) is 12.1 Å². The van der Waals surface area contributed by atoms with Crippen molar-refractivity contribution >= 4 is 12.1 Å². The molecule has 0 fully saturated rings. The van der Waals surface area contributed by atoms with E-state index in [9.17, 15) is 9.18 Å². The highest BCUT2D eigenvalue weighted by molar-refractivity contribution is 5.95. The number of aryl methyl sites for hydroxylation is 1. The standard InChI is InChI=1S/C22H19FN2O2/c1-16-6-8-18(9-7-16)15-27-19-12-10-17(11-13-19)14-24-25-22(26)20-4-2-3-5-21(20)23/h2-14H,15H2,1H3,(H,25,26)/b24-14+. The van der Waals surface area contributed by atoms with E-state index in [-0.39, 0.29) is 5.56 Å². The number of nitrogens with one attached hydrogen (secondary N) is 1. The molecular formula is C22H19FN2O2. The Morgan fingerprint density at radius 1 is 1.04 bits per heavy atom. The fourth-order valence-electron chi connectivity index (χ4n) is 2.37. The molecule has 0 bridgehead atoms. The molecule has 3 rings (SSSR count). The molecule has 0 unspecified atom stereocenters. The maximum atomic E-state index is 13.5. The van der Waals surface area contributed by atoms with Crippen LogP contribution in [0.4, 0.5) is 4.39 Å². The Labute approximate surface area is 157 Å². The zero-order valence-electron chi connectivity index (χ0n) is 14.9. The van der Waals surface area contributed by atoms with E-state index in [0.717, 1.165) is 16.9 Å². The van der Waals surface area contributed by atoms with Crippen LogP contribution >= 0.6 is 0 Å². The van der Waals surface area contributed by atoms with Gasteiger partial charge in [0.2, 0.25) is 0 Å². The number of hydrogen-bond donors (Lipinski definition) is 1. The zero-order chi connectivity index (χ0) is 19.1. The van der Waals surface area contributed by atoms with Crippen molar-refractivity contribution in [2.45, 2.75) is 13.5 Å². The molecule has 0 saturated carbocycles. The fourth-order valence-corrected chi connectivity index (χ4v) is 2.37. The third kappa shape index (κ3) is 5.25. The third-order valence-corrected chi connectivity index (χ3v) is 3.90. The minimum absolute atomic E-state index is 0.0468. The van der Waals surface area contributed by atoms with E-state index in [2.05, 4.69) is 10.5 Å². The molecule has 0 aliphatic heterocycles. The lowest BCUT2D eigenvalue weighted by Crippen LogP contribution is -2.18. The zero-order valence-corrected chi connectivity index (χ0v) is 14.9. The van der Waals surface area contributed by atoms with Gasteiger partial charge in [0.1, 0.15) is 18.2 Å². The predicted octanol–water partition coefficient (Wildman–Crippen LogP) is 4.48. The highest BCUT2D eigenvalue weighted by Crippen LogP contribution is 2.14. The maximum Gasteiger partial charge on any atom is 0.274 e. The summed E-state index contributed by atoms with van der Waals surface area (Å²) in [6.07, 6.45) is 1.49. The van der Waals surface area contributed by atoms with Crippen molar-refractivity contribution in [3.63, 3.8) is 0 Å². The summed E-state index contributed by atoms with van der Waals surface area (Å²) in [6, 6.07) is 21.2. The lowest BCUT2D eigenvalue weighted by atomic mass is 10.2. The van der Waals surface area contributed by atoms with Crippen LogP contribution in [0.5, 0.6) is 5.75 Å². The van der Waals surface area contributed by atoms with Gasteiger partial charge in [-0.05, 0) is 54.4 Å². The smallest absolute Gasteiger partial charge is 0.274 e. The highest BCUT2D eigenvalue weighted by Gasteiger charge is 2.09. The Morgan fingerprint density at radius 3 is 2.44 bits per heavy atom. The van der Waals surface area contributed by atoms with Crippen LogP contribution in [0, 0.1) is 12.7 Å². The van der Waals surface area contributed by atoms with E-state index in [1.54, 1.807) is 6.07 Å². The number of hydrogen-bond acceptors (Lipinski definition) is 3. The molecule has 3 aromatic rings. The normalized spacial score (nSPS) is 10.7. The van der Waals surface area contributed by atoms with Crippen molar-refractivity contribution in [2.75, 3.05) is 0 Å². The first-order chi connectivity index (χ1) is 13.1. The number of amides is 1. The summed E-state index contributed by atoms with van der Waals surface area (Å²) in [5.41, 5.74) is 5.36. The lowest BCUT2D eigenvalue weighted by Gasteiger charge is -2.07. The van der Waals surface area contributed by atoms with Crippen molar-refractivity contribution < 1.29 is 13.9 Å². The van der Waals surface area contributed by atoms with E-state index < -0.39 is 11.7 Å². The first-order valence-electron chi connectivity index (χ1n) is 8.48. The molecule has 4 nitrogen and oxygen atoms in total. The first-order valence-corrected chi connectivity index (χ1v) is 8.48. The molecule has 136 valence electrons. The Kier molecular flexibility index (Phi) is 5.94. The number of hydrazone groups is 1. The van der Waals surface area contributed by atoms with E-state index in [1.165, 1.54) is 30.0 Å². The summed E-state index contributed by atoms with van der Waals surface area (Å²) < 4.78 is 19.3. The van der Waals surface area contributed by atoms with Crippen LogP contribution in [0.1, 0.15) is 27.0 Å². The number of halogens is 1. The Bertz CT molecular complexity index is 935. The minimum Gasteiger partial charge on any atom is -0.489 e. The molecule has 5 heteroatoms. The summed E-state index contributed by atoms with van der Waals surface area (Å²) in [7, 11) is 0. The van der Waals surface area contributed by atoms with Gasteiger partial charge in [0.25, 0.3) is 5.91 Å². The van der Waals surface area contributed by atoms with Crippen LogP contribution in [0.15, 0.2) is 77.9 Å². The second-order valence-corrected chi connectivity index (χ2v) is 6.02. The molecule has 0 radical (unpaired) electrons. The van der Waals surface area contributed by atoms with Gasteiger partial charge in [-0.1, -0.05) is 42.0 Å². The molecule has 0 heterocycles. The Hall–Kier alpha value is -3.47. The molecule has 3 aromatic carbocycles. The van der Waals surface area contributed by atoms with Gasteiger partial charge in [0.15, 0.2) is 0 Å². The lowest BCUT2D eigenvalue weighted by molar-refractivity contribution is 0.0951. The van der Waals surface area contributed by atoms with Crippen LogP contribution < -0.4 is 10.2 Å². The van der Waals surface area contributed by atoms with E-state index in [4.69, 9.17) is 4.74 Å². The van der Waals surface area contributed by atoms with Crippen molar-refractivity contribution in [1.82, 2.24) is 5.43 Å². The van der Waals surface area contributed by atoms with Gasteiger partial charge in [-0.2, -0.15) is 5.10 Å². The average molecular weight is 362 g/mol. The van der Waals surface area contributed by atoms with Gasteiger partial charge in [-0.15, -0.1) is 0 Å². The highest BCUT2D eigenvalue weighted by atomic mass is 19.1. The van der Waals surface area contributed by atoms with Crippen LogP contribution in [0.2, 0.25) is 0 Å². The number of carbonyl (C=O) groups excluding carboxylic acids is 1. The van der Waals surface area contributed by atoms with Crippen LogP contribution in [0.3, 0.4) is 0 Å². The second kappa shape index (κ2) is 8.76. The van der Waals surface area contributed by atoms with E-state index >= 15 is 0 Å². The molecule has 1 amide bonds. The summed E-state index contributed by atoms with van der Waals surface area (Å²) >= 11 is 0. The summed E-state index contributed by atoms with van der Waals surface area (Å²) in [4.78, 5) is 11.9. The van der Waals surface area contributed by atoms with E-state index in [0.29, 0.717) is 6.61 Å². The summed E-state index contributed by atoms with van der Waals surface area (Å²) in [6.45, 7) is 2.54. The van der Waals surface area contributed by atoms with E-state index in [1.807, 2.05) is 55.5 Å². The largest absolute Gasteiger partial charge is 0.489 e. The molecule has 0 aromatic heterocycles. The van der Waals surface area contributed by atoms with Gasteiger partial charge >= 0.3 is 0 Å². The molecule has 0 saturated heterocycles. The van der Waals surface area contributed by atoms with Crippen LogP contribution in [0.25, 0.3) is 0 Å². The van der Waals surface area contributed by atoms with Gasteiger partial charge in [0, 0.05) is 0 Å². The predicted molar refractivity (Wildman–Crippen MR) is 103 cm³/mol. The van der Waals surface area contributed by atoms with Gasteiger partial charge in [0.05, 0.1) is 11.8 Å². The van der Waals surface area contributed by atoms with Crippen molar-refractivity contribution in [1.29, 1.82) is 0 Å². The van der Waals surface area contributed by atoms with Crippen LogP contribution in [-0.2, 0) is 6.61 Å². The molecular weight excluding hydrogens is 343 g/mol. The second-order valence-electron chi connectivity index (χ2n) is 6.02. The summed E-state index contributed by atoms with van der Waals surface area (Å²) in [5, 5.41) is 3.86. The monoisotopic (exact) mass is 362 g/mol. The molecule has 0 aliphatic carbocycles. The number of nitrogens with zero attached hydrogens (tertiary/aromatic N) is 1. The van der Waals surface area contributed by atoms with Gasteiger partial charge < -0.3 is 4.74 Å². The maximum absolute atomic E-state index is 13.5. The first kappa shape index (κ1) is 18.3. The van der Waals surface area contributed by atoms with Crippen molar-refractivity contribution in [3.8, 4) is 5.75 Å². The average Bonchev–Trinajstić information content (AvgIpc) is 2.69. The third-order valence-electron chi connectivity index (χ3n) is 3.90. The number of benzene rings is 3. The number of rotatable bonds is 6. The number of ether oxygens (including phenoxy) is 1. The van der Waals surface area contributed by atoms with Crippen molar-refractivity contribution in [3.05, 3.63) is 101 Å². The SMILES string of the molecule is Cc1ccc(COc2ccc(/C=N/NC(=O)c3ccccc3F)cc2)cc1. The summed E-state index contributed by atoms with van der Waals surface area (Å²) in [5.74, 6) is -0.439. The van der Waals surface area contributed by atoms with Crippen molar-refractivity contribution in [2.24, 2.45) is 5.10 Å². The molecule has 0 spiro atoms. The molecule has 0 atom stereocenters. The van der Waals surface area contributed by atoms with Gasteiger partial charge in [-0.3, -0.25) is 4.79 Å². The van der Waals surface area contributed by atoms with Gasteiger partial charge in [-0.25, -0.2) is 9.82 Å². The molecule has 27 heavy (non-hydrogen) atoms. The Balaban J connectivity index is 1.52. The molecule has 0 aliphatic rings. The number of carbonyl (C=O) groups is 1. The fraction of sp³-hybridized carbons (Fsp3) is 0.0909. The Morgan fingerprint density at radius 2 is 1.74 bits per heavy atom. The minimum atomic E-state index is -0.595.